The number of carboxylic acid groups (broad SMARTS) is 1. The Hall–Kier alpha value is -2.65. The summed E-state index contributed by atoms with van der Waals surface area (Å²) in [5, 5.41) is 15.9. The maximum absolute atomic E-state index is 11.4. The van der Waals surface area contributed by atoms with E-state index in [1.807, 2.05) is 12.1 Å². The first-order valence-electron chi connectivity index (χ1n) is 8.61. The van der Waals surface area contributed by atoms with Gasteiger partial charge >= 0.3 is 5.97 Å². The summed E-state index contributed by atoms with van der Waals surface area (Å²) in [6.45, 7) is 2.99. The van der Waals surface area contributed by atoms with Crippen LogP contribution >= 0.6 is 12.2 Å². The molecule has 0 fully saturated rings. The molecule has 0 saturated heterocycles. The number of carboxylic acids is 1. The topological polar surface area (TPSA) is 108 Å². The minimum Gasteiger partial charge on any atom is -0.478 e. The standard InChI is InChI=1S/C19H23N3O4S2/c1-3-13-4-6-14(7-5-13)11-20-19(27)21-12-15-8-9-17(22-28(2,25)26)16(10-15)18(23)24/h4-10,22H,3,11-12H2,1-2H3,(H,23,24)(H2,20,21,27). The molecule has 9 heteroatoms. The summed E-state index contributed by atoms with van der Waals surface area (Å²) in [6, 6.07) is 12.7. The number of hydrogen-bond donors (Lipinski definition) is 4. The van der Waals surface area contributed by atoms with Crippen LogP contribution in [0, 0.1) is 0 Å². The van der Waals surface area contributed by atoms with Crippen molar-refractivity contribution in [1.82, 2.24) is 10.6 Å². The van der Waals surface area contributed by atoms with Gasteiger partial charge in [-0.3, -0.25) is 4.72 Å². The zero-order valence-electron chi connectivity index (χ0n) is 15.7. The van der Waals surface area contributed by atoms with Crippen molar-refractivity contribution < 1.29 is 18.3 Å². The van der Waals surface area contributed by atoms with Gasteiger partial charge in [-0.25, -0.2) is 13.2 Å². The van der Waals surface area contributed by atoms with Crippen LogP contribution in [0.3, 0.4) is 0 Å². The average molecular weight is 422 g/mol. The molecule has 0 bridgehead atoms. The zero-order chi connectivity index (χ0) is 20.7. The molecular weight excluding hydrogens is 398 g/mol. The quantitative estimate of drug-likeness (QED) is 0.485. The minimum atomic E-state index is -3.57. The third-order valence-corrected chi connectivity index (χ3v) is 4.83. The highest BCUT2D eigenvalue weighted by Crippen LogP contribution is 2.19. The number of aryl methyl sites for hydroxylation is 1. The Labute approximate surface area is 170 Å². The number of aromatic carboxylic acids is 1. The third-order valence-electron chi connectivity index (χ3n) is 3.95. The molecule has 0 aliphatic heterocycles. The molecule has 4 N–H and O–H groups in total. The summed E-state index contributed by atoms with van der Waals surface area (Å²) in [6.07, 6.45) is 1.96. The molecule has 150 valence electrons. The van der Waals surface area contributed by atoms with Crippen LogP contribution < -0.4 is 15.4 Å². The van der Waals surface area contributed by atoms with E-state index in [4.69, 9.17) is 12.2 Å². The number of rotatable bonds is 8. The van der Waals surface area contributed by atoms with Gasteiger partial charge in [0.05, 0.1) is 17.5 Å². The van der Waals surface area contributed by atoms with E-state index in [-0.39, 0.29) is 11.3 Å². The Balaban J connectivity index is 1.94. The van der Waals surface area contributed by atoms with Crippen LogP contribution in [0.5, 0.6) is 0 Å². The monoisotopic (exact) mass is 421 g/mol. The molecule has 0 saturated carbocycles. The third kappa shape index (κ3) is 6.82. The minimum absolute atomic E-state index is 0.0231. The summed E-state index contributed by atoms with van der Waals surface area (Å²) < 4.78 is 24.9. The van der Waals surface area contributed by atoms with Crippen molar-refractivity contribution in [2.75, 3.05) is 11.0 Å². The van der Waals surface area contributed by atoms with Gasteiger partial charge in [-0.05, 0) is 47.5 Å². The lowest BCUT2D eigenvalue weighted by molar-refractivity contribution is 0.0698. The lowest BCUT2D eigenvalue weighted by atomic mass is 10.1. The summed E-state index contributed by atoms with van der Waals surface area (Å²) >= 11 is 5.25. The van der Waals surface area contributed by atoms with E-state index < -0.39 is 16.0 Å². The Bertz CT molecular complexity index is 958. The predicted molar refractivity (Wildman–Crippen MR) is 114 cm³/mol. The first-order valence-corrected chi connectivity index (χ1v) is 10.9. The summed E-state index contributed by atoms with van der Waals surface area (Å²) in [7, 11) is -3.57. The molecule has 0 unspecified atom stereocenters. The van der Waals surface area contributed by atoms with Gasteiger partial charge in [0.1, 0.15) is 0 Å². The SMILES string of the molecule is CCc1ccc(CNC(=S)NCc2ccc(NS(C)(=O)=O)c(C(=O)O)c2)cc1. The largest absolute Gasteiger partial charge is 0.478 e. The molecule has 0 radical (unpaired) electrons. The van der Waals surface area contributed by atoms with E-state index in [2.05, 4.69) is 34.4 Å². The number of carbonyl (C=O) groups is 1. The fourth-order valence-electron chi connectivity index (χ4n) is 2.49. The molecule has 0 spiro atoms. The van der Waals surface area contributed by atoms with Gasteiger partial charge in [0.2, 0.25) is 10.0 Å². The van der Waals surface area contributed by atoms with Gasteiger partial charge in [0, 0.05) is 13.1 Å². The van der Waals surface area contributed by atoms with Gasteiger partial charge in [-0.15, -0.1) is 0 Å². The Morgan fingerprint density at radius 1 is 1.00 bits per heavy atom. The fraction of sp³-hybridized carbons (Fsp3) is 0.263. The molecule has 28 heavy (non-hydrogen) atoms. The van der Waals surface area contributed by atoms with E-state index in [0.717, 1.165) is 18.2 Å². The maximum atomic E-state index is 11.4. The van der Waals surface area contributed by atoms with Gasteiger partial charge < -0.3 is 15.7 Å². The summed E-state index contributed by atoms with van der Waals surface area (Å²) in [5.41, 5.74) is 2.93. The van der Waals surface area contributed by atoms with Crippen molar-refractivity contribution in [3.05, 3.63) is 64.7 Å². The van der Waals surface area contributed by atoms with Gasteiger partial charge in [-0.2, -0.15) is 0 Å². The number of nitrogens with one attached hydrogen (secondary N) is 3. The number of benzene rings is 2. The molecule has 0 aliphatic rings. The maximum Gasteiger partial charge on any atom is 0.337 e. The van der Waals surface area contributed by atoms with Crippen LogP contribution in [-0.4, -0.2) is 30.9 Å². The van der Waals surface area contributed by atoms with Crippen LogP contribution in [0.15, 0.2) is 42.5 Å². The number of anilines is 1. The number of thiocarbonyl (C=S) groups is 1. The van der Waals surface area contributed by atoms with Gasteiger partial charge in [-0.1, -0.05) is 37.3 Å². The van der Waals surface area contributed by atoms with Crippen LogP contribution in [0.25, 0.3) is 0 Å². The van der Waals surface area contributed by atoms with Crippen molar-refractivity contribution in [3.8, 4) is 0 Å². The molecule has 0 aliphatic carbocycles. The summed E-state index contributed by atoms with van der Waals surface area (Å²) in [5.74, 6) is -1.22. The highest BCUT2D eigenvalue weighted by Gasteiger charge is 2.14. The van der Waals surface area contributed by atoms with E-state index in [1.54, 1.807) is 6.07 Å². The van der Waals surface area contributed by atoms with E-state index >= 15 is 0 Å². The normalized spacial score (nSPS) is 10.9. The highest BCUT2D eigenvalue weighted by molar-refractivity contribution is 7.92. The average Bonchev–Trinajstić information content (AvgIpc) is 2.64. The van der Waals surface area contributed by atoms with Crippen LogP contribution in [0.1, 0.15) is 34.0 Å². The second-order valence-corrected chi connectivity index (χ2v) is 8.42. The highest BCUT2D eigenvalue weighted by atomic mass is 32.2. The molecule has 0 atom stereocenters. The molecule has 2 aromatic carbocycles. The fourth-order valence-corrected chi connectivity index (χ4v) is 3.21. The van der Waals surface area contributed by atoms with E-state index in [9.17, 15) is 18.3 Å². The molecule has 0 heterocycles. The molecule has 2 rings (SSSR count). The predicted octanol–water partition coefficient (Wildman–Crippen LogP) is 2.48. The van der Waals surface area contributed by atoms with Crippen molar-refractivity contribution >= 4 is 39.0 Å². The Morgan fingerprint density at radius 3 is 2.07 bits per heavy atom. The molecular formula is C19H23N3O4S2. The van der Waals surface area contributed by atoms with Crippen molar-refractivity contribution in [2.24, 2.45) is 0 Å². The van der Waals surface area contributed by atoms with E-state index in [1.165, 1.54) is 17.7 Å². The second-order valence-electron chi connectivity index (χ2n) is 6.27. The molecule has 7 nitrogen and oxygen atoms in total. The Morgan fingerprint density at radius 2 is 1.54 bits per heavy atom. The van der Waals surface area contributed by atoms with Gasteiger partial charge in [0.25, 0.3) is 0 Å². The number of hydrogen-bond acceptors (Lipinski definition) is 4. The second kappa shape index (κ2) is 9.52. The lowest BCUT2D eigenvalue weighted by Crippen LogP contribution is -2.34. The summed E-state index contributed by atoms with van der Waals surface area (Å²) in [4.78, 5) is 11.4. The van der Waals surface area contributed by atoms with Crippen molar-refractivity contribution in [2.45, 2.75) is 26.4 Å². The molecule has 0 aromatic heterocycles. The molecule has 2 aromatic rings. The number of sulfonamides is 1. The first-order chi connectivity index (χ1) is 13.2. The van der Waals surface area contributed by atoms with Crippen LogP contribution in [0.2, 0.25) is 0 Å². The smallest absolute Gasteiger partial charge is 0.337 e. The first kappa shape index (κ1) is 21.6. The zero-order valence-corrected chi connectivity index (χ0v) is 17.3. The van der Waals surface area contributed by atoms with Crippen LogP contribution in [0.4, 0.5) is 5.69 Å². The van der Waals surface area contributed by atoms with E-state index in [0.29, 0.717) is 23.8 Å². The van der Waals surface area contributed by atoms with Gasteiger partial charge in [0.15, 0.2) is 5.11 Å². The Kier molecular flexibility index (Phi) is 7.36. The van der Waals surface area contributed by atoms with Crippen molar-refractivity contribution in [1.29, 1.82) is 0 Å². The lowest BCUT2D eigenvalue weighted by Gasteiger charge is -2.13. The molecule has 0 amide bonds. The van der Waals surface area contributed by atoms with Crippen molar-refractivity contribution in [3.63, 3.8) is 0 Å². The van der Waals surface area contributed by atoms with Crippen LogP contribution in [-0.2, 0) is 29.5 Å².